The molecule has 158 valence electrons. The Morgan fingerprint density at radius 2 is 1.93 bits per heavy atom. The van der Waals surface area contributed by atoms with Crippen molar-refractivity contribution < 1.29 is 23.8 Å². The summed E-state index contributed by atoms with van der Waals surface area (Å²) in [4.78, 5) is 35.6. The summed E-state index contributed by atoms with van der Waals surface area (Å²) >= 11 is 0. The van der Waals surface area contributed by atoms with Crippen molar-refractivity contribution in [2.45, 2.75) is 65.5 Å². The van der Waals surface area contributed by atoms with Crippen LogP contribution in [0.15, 0.2) is 33.5 Å². The van der Waals surface area contributed by atoms with E-state index in [1.54, 1.807) is 19.1 Å². The lowest BCUT2D eigenvalue weighted by Gasteiger charge is -2.20. The number of fused-ring (bicyclic) bond motifs is 1. The molecule has 29 heavy (non-hydrogen) atoms. The molecule has 0 aliphatic carbocycles. The number of carboxylic acids is 1. The van der Waals surface area contributed by atoms with Crippen LogP contribution in [0.25, 0.3) is 11.0 Å². The number of hydrogen-bond acceptors (Lipinski definition) is 5. The average molecular weight is 403 g/mol. The molecule has 0 radical (unpaired) electrons. The fourth-order valence-electron chi connectivity index (χ4n) is 3.10. The molecule has 7 nitrogen and oxygen atoms in total. The molecule has 1 amide bonds. The smallest absolute Gasteiger partial charge is 0.336 e. The normalized spacial score (nSPS) is 13.3. The molecule has 2 aromatic rings. The Labute approximate surface area is 170 Å². The topological polar surface area (TPSA) is 106 Å². The largest absolute Gasteiger partial charge is 0.481 e. The van der Waals surface area contributed by atoms with Crippen molar-refractivity contribution in [3.63, 3.8) is 0 Å². The highest BCUT2D eigenvalue weighted by Gasteiger charge is 2.24. The van der Waals surface area contributed by atoms with Gasteiger partial charge in [-0.15, -0.1) is 0 Å². The van der Waals surface area contributed by atoms with Gasteiger partial charge in [0, 0.05) is 17.5 Å². The maximum absolute atomic E-state index is 12.4. The molecule has 0 saturated heterocycles. The van der Waals surface area contributed by atoms with E-state index in [-0.39, 0.29) is 5.92 Å². The van der Waals surface area contributed by atoms with Crippen molar-refractivity contribution in [1.82, 2.24) is 5.32 Å². The van der Waals surface area contributed by atoms with Crippen LogP contribution in [0.5, 0.6) is 5.75 Å². The summed E-state index contributed by atoms with van der Waals surface area (Å²) in [5.41, 5.74) is 0.898. The van der Waals surface area contributed by atoms with Crippen molar-refractivity contribution in [2.24, 2.45) is 5.92 Å². The molecule has 1 heterocycles. The van der Waals surface area contributed by atoms with Gasteiger partial charge in [0.1, 0.15) is 17.4 Å². The number of carbonyl (C=O) groups excluding carboxylic acids is 1. The third-order valence-electron chi connectivity index (χ3n) is 4.61. The Morgan fingerprint density at radius 3 is 2.55 bits per heavy atom. The fraction of sp³-hybridized carbons (Fsp3) is 0.500. The average Bonchev–Trinajstić information content (AvgIpc) is 2.64. The van der Waals surface area contributed by atoms with Gasteiger partial charge in [0.05, 0.1) is 0 Å². The third kappa shape index (κ3) is 6.34. The maximum atomic E-state index is 12.4. The number of carboxylic acid groups (broad SMARTS) is 1. The van der Waals surface area contributed by atoms with E-state index in [1.165, 1.54) is 6.07 Å². The number of unbranched alkanes of at least 4 members (excludes halogenated alkanes) is 1. The van der Waals surface area contributed by atoms with Crippen molar-refractivity contribution >= 4 is 22.8 Å². The second kappa shape index (κ2) is 10.1. The van der Waals surface area contributed by atoms with Crippen LogP contribution in [0.2, 0.25) is 0 Å². The van der Waals surface area contributed by atoms with Crippen molar-refractivity contribution in [3.05, 3.63) is 40.2 Å². The van der Waals surface area contributed by atoms with Gasteiger partial charge in [0.2, 0.25) is 0 Å². The summed E-state index contributed by atoms with van der Waals surface area (Å²) in [7, 11) is 0. The predicted molar refractivity (Wildman–Crippen MR) is 110 cm³/mol. The van der Waals surface area contributed by atoms with Crippen LogP contribution in [0, 0.1) is 5.92 Å². The monoisotopic (exact) mass is 403 g/mol. The molecule has 2 atom stereocenters. The molecule has 0 aliphatic heterocycles. The Balaban J connectivity index is 2.15. The van der Waals surface area contributed by atoms with E-state index in [0.29, 0.717) is 17.8 Å². The van der Waals surface area contributed by atoms with E-state index in [0.717, 1.165) is 30.2 Å². The van der Waals surface area contributed by atoms with Crippen LogP contribution in [-0.2, 0) is 16.0 Å². The number of amides is 1. The highest BCUT2D eigenvalue weighted by molar-refractivity contribution is 5.86. The van der Waals surface area contributed by atoms with Crippen LogP contribution in [0.4, 0.5) is 0 Å². The first-order valence-electron chi connectivity index (χ1n) is 9.97. The number of benzene rings is 1. The summed E-state index contributed by atoms with van der Waals surface area (Å²) in [5.74, 6) is -1.10. The van der Waals surface area contributed by atoms with Gasteiger partial charge in [-0.1, -0.05) is 27.2 Å². The number of rotatable bonds is 10. The summed E-state index contributed by atoms with van der Waals surface area (Å²) in [6.07, 6.45) is 2.19. The van der Waals surface area contributed by atoms with E-state index >= 15 is 0 Å². The zero-order valence-corrected chi connectivity index (χ0v) is 17.4. The molecule has 0 saturated carbocycles. The Kier molecular flexibility index (Phi) is 7.82. The molecule has 0 fully saturated rings. The number of nitrogens with one attached hydrogen (secondary N) is 1. The van der Waals surface area contributed by atoms with Crippen LogP contribution >= 0.6 is 0 Å². The molecule has 1 aromatic carbocycles. The number of carbonyl (C=O) groups is 2. The van der Waals surface area contributed by atoms with Gasteiger partial charge in [0.25, 0.3) is 5.91 Å². The Morgan fingerprint density at radius 1 is 1.21 bits per heavy atom. The Bertz CT molecular complexity index is 917. The van der Waals surface area contributed by atoms with E-state index in [4.69, 9.17) is 9.15 Å². The summed E-state index contributed by atoms with van der Waals surface area (Å²) in [6.45, 7) is 7.41. The number of hydrogen-bond donors (Lipinski definition) is 2. The van der Waals surface area contributed by atoms with Gasteiger partial charge in [-0.25, -0.2) is 9.59 Å². The van der Waals surface area contributed by atoms with Gasteiger partial charge in [-0.05, 0) is 49.8 Å². The lowest BCUT2D eigenvalue weighted by molar-refractivity contribution is -0.143. The third-order valence-corrected chi connectivity index (χ3v) is 4.61. The van der Waals surface area contributed by atoms with Gasteiger partial charge in [-0.3, -0.25) is 4.79 Å². The van der Waals surface area contributed by atoms with Gasteiger partial charge in [0.15, 0.2) is 6.10 Å². The molecule has 2 N–H and O–H groups in total. The molecule has 1 aromatic heterocycles. The molecule has 2 unspecified atom stereocenters. The highest BCUT2D eigenvalue weighted by atomic mass is 16.5. The number of aryl methyl sites for hydroxylation is 1. The van der Waals surface area contributed by atoms with Crippen molar-refractivity contribution in [3.8, 4) is 5.75 Å². The number of ether oxygens (including phenoxy) is 1. The predicted octanol–water partition coefficient (Wildman–Crippen LogP) is 3.52. The van der Waals surface area contributed by atoms with E-state index in [1.807, 2.05) is 19.9 Å². The molecule has 7 heteroatoms. The summed E-state index contributed by atoms with van der Waals surface area (Å²) in [6, 6.07) is 5.64. The summed E-state index contributed by atoms with van der Waals surface area (Å²) < 4.78 is 11.0. The molecule has 0 bridgehead atoms. The van der Waals surface area contributed by atoms with Crippen LogP contribution in [0.3, 0.4) is 0 Å². The number of aliphatic carboxylic acids is 1. The molecule has 0 spiro atoms. The van der Waals surface area contributed by atoms with E-state index in [2.05, 4.69) is 12.2 Å². The second-order valence-corrected chi connectivity index (χ2v) is 7.64. The first-order chi connectivity index (χ1) is 13.7. The SMILES string of the molecule is CCCCc1cc(=O)oc2cc(OC(C)C(=O)NC(CC(C)C)C(=O)O)ccc12. The zero-order chi connectivity index (χ0) is 21.6. The first-order valence-corrected chi connectivity index (χ1v) is 9.97. The van der Waals surface area contributed by atoms with Crippen molar-refractivity contribution in [2.75, 3.05) is 0 Å². The summed E-state index contributed by atoms with van der Waals surface area (Å²) in [5, 5.41) is 12.6. The van der Waals surface area contributed by atoms with E-state index in [9.17, 15) is 19.5 Å². The molecule has 2 rings (SSSR count). The van der Waals surface area contributed by atoms with Crippen LogP contribution < -0.4 is 15.7 Å². The maximum Gasteiger partial charge on any atom is 0.336 e. The minimum Gasteiger partial charge on any atom is -0.481 e. The van der Waals surface area contributed by atoms with Crippen LogP contribution in [0.1, 0.15) is 52.5 Å². The first kappa shape index (κ1) is 22.5. The molecule has 0 aliphatic rings. The highest BCUT2D eigenvalue weighted by Crippen LogP contribution is 2.24. The molecular weight excluding hydrogens is 374 g/mol. The van der Waals surface area contributed by atoms with Gasteiger partial charge in [-0.2, -0.15) is 0 Å². The zero-order valence-electron chi connectivity index (χ0n) is 17.4. The van der Waals surface area contributed by atoms with Gasteiger partial charge >= 0.3 is 11.6 Å². The minimum absolute atomic E-state index is 0.123. The van der Waals surface area contributed by atoms with Gasteiger partial charge < -0.3 is 19.6 Å². The quantitative estimate of drug-likeness (QED) is 0.588. The molecular formula is C22H29NO6. The van der Waals surface area contributed by atoms with Crippen molar-refractivity contribution in [1.29, 1.82) is 0 Å². The van der Waals surface area contributed by atoms with E-state index < -0.39 is 29.6 Å². The minimum atomic E-state index is -1.08. The second-order valence-electron chi connectivity index (χ2n) is 7.64. The lowest BCUT2D eigenvalue weighted by Crippen LogP contribution is -2.46. The fourth-order valence-corrected chi connectivity index (χ4v) is 3.10. The standard InChI is InChI=1S/C22H29NO6/c1-5-6-7-15-11-20(24)29-19-12-16(8-9-17(15)19)28-14(4)21(25)23-18(22(26)27)10-13(2)3/h8-9,11-14,18H,5-7,10H2,1-4H3,(H,23,25)(H,26,27). The Hall–Kier alpha value is -2.83. The lowest BCUT2D eigenvalue weighted by atomic mass is 10.0. The van der Waals surface area contributed by atoms with Crippen LogP contribution in [-0.4, -0.2) is 29.1 Å².